The van der Waals surface area contributed by atoms with Gasteiger partial charge < -0.3 is 9.64 Å². The van der Waals surface area contributed by atoms with Crippen LogP contribution in [0.5, 0.6) is 0 Å². The van der Waals surface area contributed by atoms with Gasteiger partial charge >= 0.3 is 5.97 Å². The fraction of sp³-hybridized carbons (Fsp3) is 0.750. The molecule has 0 aromatic carbocycles. The van der Waals surface area contributed by atoms with Crippen molar-refractivity contribution >= 4 is 11.9 Å². The Morgan fingerprint density at radius 2 is 1.90 bits per heavy atom. The van der Waals surface area contributed by atoms with E-state index in [0.717, 1.165) is 0 Å². The summed E-state index contributed by atoms with van der Waals surface area (Å²) in [6.07, 6.45) is 2.18. The lowest BCUT2D eigenvalue weighted by Gasteiger charge is -2.21. The molecule has 0 spiro atoms. The number of carbonyl (C=O) groups is 2. The van der Waals surface area contributed by atoms with Crippen molar-refractivity contribution in [2.24, 2.45) is 23.2 Å². The monoisotopic (exact) mass is 281 g/mol. The largest absolute Gasteiger partial charge is 0.469 e. The van der Waals surface area contributed by atoms with Crippen LogP contribution in [0.3, 0.4) is 0 Å². The maximum absolute atomic E-state index is 12.5. The second-order valence-corrected chi connectivity index (χ2v) is 6.71. The number of allylic oxidation sites excluding steroid dienone is 2. The highest BCUT2D eigenvalue weighted by atomic mass is 16.5. The number of hydrogen-bond acceptors (Lipinski definition) is 3. The van der Waals surface area contributed by atoms with Crippen molar-refractivity contribution in [1.82, 2.24) is 4.90 Å². The summed E-state index contributed by atoms with van der Waals surface area (Å²) in [5, 5.41) is 0. The van der Waals surface area contributed by atoms with E-state index < -0.39 is 0 Å². The molecule has 0 aromatic heterocycles. The van der Waals surface area contributed by atoms with Crippen LogP contribution in [0.15, 0.2) is 11.6 Å². The third-order valence-corrected chi connectivity index (χ3v) is 4.22. The Kier molecular flexibility index (Phi) is 5.00. The summed E-state index contributed by atoms with van der Waals surface area (Å²) in [4.78, 5) is 25.6. The van der Waals surface area contributed by atoms with Gasteiger partial charge in [0.05, 0.1) is 18.9 Å². The van der Waals surface area contributed by atoms with Gasteiger partial charge in [-0.1, -0.05) is 32.4 Å². The molecule has 0 bridgehead atoms. The molecule has 1 rings (SSSR count). The molecule has 1 amide bonds. The maximum Gasteiger partial charge on any atom is 0.310 e. The molecular weight excluding hydrogens is 254 g/mol. The van der Waals surface area contributed by atoms with Gasteiger partial charge in [-0.15, -0.1) is 0 Å². The fourth-order valence-corrected chi connectivity index (χ4v) is 2.83. The first-order valence-electron chi connectivity index (χ1n) is 7.10. The Bertz CT molecular complexity index is 421. The van der Waals surface area contributed by atoms with Gasteiger partial charge in [0.15, 0.2) is 0 Å². The number of ether oxygens (including phenoxy) is 1. The minimum atomic E-state index is -0.294. The third kappa shape index (κ3) is 3.41. The molecule has 1 aliphatic carbocycles. The molecule has 0 aliphatic heterocycles. The van der Waals surface area contributed by atoms with Crippen LogP contribution in [-0.2, 0) is 14.3 Å². The molecule has 1 aliphatic rings. The number of amides is 1. The zero-order chi connectivity index (χ0) is 15.7. The smallest absolute Gasteiger partial charge is 0.310 e. The van der Waals surface area contributed by atoms with E-state index in [4.69, 9.17) is 4.74 Å². The molecule has 0 N–H and O–H groups in total. The number of carbonyl (C=O) groups excluding carboxylic acids is 2. The Balaban J connectivity index is 2.67. The molecule has 0 saturated heterocycles. The van der Waals surface area contributed by atoms with Crippen LogP contribution in [0.2, 0.25) is 0 Å². The SMILES string of the molecule is COC(=O)C(C)CN(C)C(=O)C1C(C=C(C)C)C1(C)C. The molecular formula is C16H27NO3. The van der Waals surface area contributed by atoms with Crippen molar-refractivity contribution in [2.45, 2.75) is 34.6 Å². The van der Waals surface area contributed by atoms with E-state index in [2.05, 4.69) is 33.8 Å². The predicted octanol–water partition coefficient (Wildman–Crippen LogP) is 2.49. The van der Waals surface area contributed by atoms with Crippen molar-refractivity contribution in [1.29, 1.82) is 0 Å². The molecule has 0 aromatic rings. The Hall–Kier alpha value is -1.32. The molecule has 114 valence electrons. The first-order valence-corrected chi connectivity index (χ1v) is 7.10. The second-order valence-electron chi connectivity index (χ2n) is 6.71. The molecule has 3 unspecified atom stereocenters. The van der Waals surface area contributed by atoms with Crippen molar-refractivity contribution in [3.63, 3.8) is 0 Å². The maximum atomic E-state index is 12.5. The van der Waals surface area contributed by atoms with Crippen LogP contribution in [0.1, 0.15) is 34.6 Å². The molecule has 1 saturated carbocycles. The molecule has 0 heterocycles. The van der Waals surface area contributed by atoms with Crippen molar-refractivity contribution < 1.29 is 14.3 Å². The Morgan fingerprint density at radius 3 is 2.35 bits per heavy atom. The highest BCUT2D eigenvalue weighted by Crippen LogP contribution is 2.59. The summed E-state index contributed by atoms with van der Waals surface area (Å²) in [5.74, 6) is -0.130. The van der Waals surface area contributed by atoms with Crippen molar-refractivity contribution in [3.05, 3.63) is 11.6 Å². The number of methoxy groups -OCH3 is 1. The lowest BCUT2D eigenvalue weighted by Crippen LogP contribution is -2.36. The summed E-state index contributed by atoms with van der Waals surface area (Å²) >= 11 is 0. The zero-order valence-corrected chi connectivity index (χ0v) is 13.7. The van der Waals surface area contributed by atoms with Crippen LogP contribution >= 0.6 is 0 Å². The lowest BCUT2D eigenvalue weighted by atomic mass is 10.1. The van der Waals surface area contributed by atoms with Crippen molar-refractivity contribution in [2.75, 3.05) is 20.7 Å². The normalized spacial score (nSPS) is 24.6. The Morgan fingerprint density at radius 1 is 1.35 bits per heavy atom. The van der Waals surface area contributed by atoms with Gasteiger partial charge in [-0.05, 0) is 25.2 Å². The van der Waals surface area contributed by atoms with E-state index >= 15 is 0 Å². The van der Waals surface area contributed by atoms with Gasteiger partial charge in [-0.2, -0.15) is 0 Å². The lowest BCUT2D eigenvalue weighted by molar-refractivity contribution is -0.146. The fourth-order valence-electron chi connectivity index (χ4n) is 2.83. The number of nitrogens with zero attached hydrogens (tertiary/aromatic N) is 1. The summed E-state index contributed by atoms with van der Waals surface area (Å²) in [6, 6.07) is 0. The minimum Gasteiger partial charge on any atom is -0.469 e. The van der Waals surface area contributed by atoms with Gasteiger partial charge in [0.1, 0.15) is 0 Å². The standard InChI is InChI=1S/C16H27NO3/c1-10(2)8-12-13(16(12,4)5)14(18)17(6)9-11(3)15(19)20-7/h8,11-13H,9H2,1-7H3. The van der Waals surface area contributed by atoms with E-state index in [1.165, 1.54) is 12.7 Å². The van der Waals surface area contributed by atoms with Gasteiger partial charge in [0.25, 0.3) is 0 Å². The first kappa shape index (κ1) is 16.7. The number of esters is 1. The van der Waals surface area contributed by atoms with Crippen LogP contribution in [0, 0.1) is 23.2 Å². The number of hydrogen-bond donors (Lipinski definition) is 0. The summed E-state index contributed by atoms with van der Waals surface area (Å²) in [6.45, 7) is 10.5. The highest BCUT2D eigenvalue weighted by Gasteiger charge is 2.60. The van der Waals surface area contributed by atoms with Crippen LogP contribution < -0.4 is 0 Å². The minimum absolute atomic E-state index is 0.0110. The average molecular weight is 281 g/mol. The van der Waals surface area contributed by atoms with E-state index in [1.54, 1.807) is 18.9 Å². The van der Waals surface area contributed by atoms with Crippen LogP contribution in [-0.4, -0.2) is 37.5 Å². The predicted molar refractivity (Wildman–Crippen MR) is 79.0 cm³/mol. The topological polar surface area (TPSA) is 46.6 Å². The second kappa shape index (κ2) is 5.98. The van der Waals surface area contributed by atoms with E-state index in [0.29, 0.717) is 12.5 Å². The molecule has 3 atom stereocenters. The third-order valence-electron chi connectivity index (χ3n) is 4.22. The van der Waals surface area contributed by atoms with E-state index in [9.17, 15) is 9.59 Å². The van der Waals surface area contributed by atoms with Crippen LogP contribution in [0.4, 0.5) is 0 Å². The molecule has 4 heteroatoms. The number of rotatable bonds is 5. The van der Waals surface area contributed by atoms with Gasteiger partial charge in [0, 0.05) is 13.6 Å². The van der Waals surface area contributed by atoms with Crippen molar-refractivity contribution in [3.8, 4) is 0 Å². The van der Waals surface area contributed by atoms with Gasteiger partial charge in [-0.25, -0.2) is 0 Å². The summed E-state index contributed by atoms with van der Waals surface area (Å²) in [5.41, 5.74) is 1.25. The summed E-state index contributed by atoms with van der Waals surface area (Å²) < 4.78 is 4.70. The first-order chi connectivity index (χ1) is 9.12. The Labute approximate surface area is 122 Å². The van der Waals surface area contributed by atoms with Crippen LogP contribution in [0.25, 0.3) is 0 Å². The molecule has 4 nitrogen and oxygen atoms in total. The van der Waals surface area contributed by atoms with Gasteiger partial charge in [-0.3, -0.25) is 9.59 Å². The molecule has 1 fully saturated rings. The molecule has 20 heavy (non-hydrogen) atoms. The summed E-state index contributed by atoms with van der Waals surface area (Å²) in [7, 11) is 3.13. The highest BCUT2D eigenvalue weighted by molar-refractivity contribution is 5.84. The van der Waals surface area contributed by atoms with E-state index in [1.807, 2.05) is 0 Å². The quantitative estimate of drug-likeness (QED) is 0.574. The zero-order valence-electron chi connectivity index (χ0n) is 13.7. The molecule has 0 radical (unpaired) electrons. The van der Waals surface area contributed by atoms with E-state index in [-0.39, 0.29) is 29.1 Å². The average Bonchev–Trinajstić information content (AvgIpc) is 2.87. The van der Waals surface area contributed by atoms with Gasteiger partial charge in [0.2, 0.25) is 5.91 Å².